The van der Waals surface area contributed by atoms with Crippen molar-refractivity contribution < 1.29 is 9.59 Å². The Hall–Kier alpha value is -1.01. The molecule has 6 heteroatoms. The van der Waals surface area contributed by atoms with Crippen molar-refractivity contribution in [2.24, 2.45) is 0 Å². The van der Waals surface area contributed by atoms with E-state index in [1.807, 2.05) is 6.92 Å². The average molecular weight is 271 g/mol. The summed E-state index contributed by atoms with van der Waals surface area (Å²) >= 11 is 4.06. The lowest BCUT2D eigenvalue weighted by molar-refractivity contribution is -0.135. The predicted octanol–water partition coefficient (Wildman–Crippen LogP) is 0.0987. The zero-order chi connectivity index (χ0) is 13.5. The van der Waals surface area contributed by atoms with Crippen LogP contribution in [0.5, 0.6) is 0 Å². The van der Waals surface area contributed by atoms with Crippen molar-refractivity contribution in [3.63, 3.8) is 0 Å². The minimum Gasteiger partial charge on any atom is -0.341 e. The molecule has 1 N–H and O–H groups in total. The van der Waals surface area contributed by atoms with Crippen LogP contribution >= 0.6 is 12.6 Å². The molecule has 0 aromatic heterocycles. The van der Waals surface area contributed by atoms with Crippen LogP contribution in [-0.2, 0) is 9.59 Å². The maximum atomic E-state index is 11.8. The predicted molar refractivity (Wildman–Crippen MR) is 74.4 cm³/mol. The van der Waals surface area contributed by atoms with E-state index >= 15 is 0 Å². The summed E-state index contributed by atoms with van der Waals surface area (Å²) in [4.78, 5) is 26.9. The van der Waals surface area contributed by atoms with E-state index in [4.69, 9.17) is 0 Å². The van der Waals surface area contributed by atoms with Crippen LogP contribution in [0, 0.1) is 0 Å². The highest BCUT2D eigenvalue weighted by atomic mass is 32.1. The van der Waals surface area contributed by atoms with Gasteiger partial charge in [-0.3, -0.25) is 14.5 Å². The van der Waals surface area contributed by atoms with Gasteiger partial charge in [-0.05, 0) is 13.5 Å². The van der Waals surface area contributed by atoms with Gasteiger partial charge in [-0.2, -0.15) is 12.6 Å². The van der Waals surface area contributed by atoms with Gasteiger partial charge in [-0.25, -0.2) is 0 Å². The molecule has 1 fully saturated rings. The number of thiol groups is 1. The molecule has 1 saturated heterocycles. The summed E-state index contributed by atoms with van der Waals surface area (Å²) in [6, 6.07) is 0. The van der Waals surface area contributed by atoms with E-state index in [-0.39, 0.29) is 17.2 Å². The Labute approximate surface area is 114 Å². The third-order valence-electron chi connectivity index (χ3n) is 2.79. The van der Waals surface area contributed by atoms with Crippen LogP contribution in [0.15, 0.2) is 12.2 Å². The van der Waals surface area contributed by atoms with Gasteiger partial charge in [0.25, 0.3) is 0 Å². The highest BCUT2D eigenvalue weighted by Gasteiger charge is 2.21. The molecule has 1 aliphatic rings. The number of nitrogens with zero attached hydrogens (tertiary/aromatic N) is 2. The van der Waals surface area contributed by atoms with Crippen molar-refractivity contribution in [3.05, 3.63) is 12.2 Å². The number of amides is 2. The van der Waals surface area contributed by atoms with Crippen LogP contribution in [0.3, 0.4) is 0 Å². The third kappa shape index (κ3) is 5.10. The van der Waals surface area contributed by atoms with E-state index in [1.165, 1.54) is 6.08 Å². The Balaban J connectivity index is 2.33. The van der Waals surface area contributed by atoms with Crippen molar-refractivity contribution in [2.75, 3.05) is 32.7 Å². The Morgan fingerprint density at radius 3 is 2.83 bits per heavy atom. The van der Waals surface area contributed by atoms with Gasteiger partial charge in [0.1, 0.15) is 0 Å². The van der Waals surface area contributed by atoms with Crippen molar-refractivity contribution in [2.45, 2.75) is 19.2 Å². The summed E-state index contributed by atoms with van der Waals surface area (Å²) in [7, 11) is 0. The lowest BCUT2D eigenvalue weighted by Crippen LogP contribution is -2.50. The van der Waals surface area contributed by atoms with E-state index in [9.17, 15) is 9.59 Å². The monoisotopic (exact) mass is 271 g/mol. The minimum atomic E-state index is -0.183. The lowest BCUT2D eigenvalue weighted by Gasteiger charge is -2.32. The molecule has 0 bridgehead atoms. The summed E-state index contributed by atoms with van der Waals surface area (Å²) in [6.07, 6.45) is 3.16. The molecule has 1 rings (SSSR count). The first kappa shape index (κ1) is 15.0. The van der Waals surface area contributed by atoms with Crippen LogP contribution in [0.2, 0.25) is 0 Å². The normalized spacial score (nSPS) is 19.3. The number of piperazine rings is 1. The number of likely N-dealkylation sites (N-methyl/N-ethyl adjacent to an activating group) is 1. The molecule has 1 unspecified atom stereocenters. The molecule has 2 amide bonds. The largest absolute Gasteiger partial charge is 0.341 e. The summed E-state index contributed by atoms with van der Waals surface area (Å²) in [5.74, 6) is -0.0622. The van der Waals surface area contributed by atoms with Gasteiger partial charge >= 0.3 is 0 Å². The quantitative estimate of drug-likeness (QED) is 0.424. The van der Waals surface area contributed by atoms with Gasteiger partial charge in [-0.1, -0.05) is 13.0 Å². The molecule has 1 aliphatic heterocycles. The molecule has 0 spiro atoms. The van der Waals surface area contributed by atoms with E-state index in [0.717, 1.165) is 19.6 Å². The Kier molecular flexibility index (Phi) is 6.21. The molecule has 0 aliphatic carbocycles. The SMILES string of the molecule is CCN1CCN(C/C=C/C(=O)NC(C)S)C(=O)C1. The van der Waals surface area contributed by atoms with Gasteiger partial charge in [0.05, 0.1) is 11.9 Å². The fourth-order valence-electron chi connectivity index (χ4n) is 1.76. The molecule has 0 aromatic carbocycles. The molecule has 0 radical (unpaired) electrons. The number of carbonyl (C=O) groups is 2. The third-order valence-corrected chi connectivity index (χ3v) is 2.92. The summed E-state index contributed by atoms with van der Waals surface area (Å²) < 4.78 is 0. The Bertz CT molecular complexity index is 331. The molecule has 1 atom stereocenters. The van der Waals surface area contributed by atoms with Crippen molar-refractivity contribution in [1.82, 2.24) is 15.1 Å². The van der Waals surface area contributed by atoms with Gasteiger partial charge in [0.15, 0.2) is 0 Å². The summed E-state index contributed by atoms with van der Waals surface area (Å²) in [5.41, 5.74) is 0. The highest BCUT2D eigenvalue weighted by Crippen LogP contribution is 2.02. The average Bonchev–Trinajstić information content (AvgIpc) is 2.30. The standard InChI is InChI=1S/C12H21N3O2S/c1-3-14-7-8-15(12(17)9-14)6-4-5-11(16)13-10(2)18/h4-5,10,18H,3,6-9H2,1-2H3,(H,13,16)/b5-4+. The molecule has 1 heterocycles. The fourth-order valence-corrected chi connectivity index (χ4v) is 1.89. The second-order valence-corrected chi connectivity index (χ2v) is 5.07. The number of hydrogen-bond acceptors (Lipinski definition) is 4. The van der Waals surface area contributed by atoms with E-state index in [1.54, 1.807) is 17.9 Å². The van der Waals surface area contributed by atoms with Gasteiger partial charge in [0.2, 0.25) is 11.8 Å². The molecule has 0 saturated carbocycles. The second-order valence-electron chi connectivity index (χ2n) is 4.30. The molecule has 18 heavy (non-hydrogen) atoms. The van der Waals surface area contributed by atoms with Crippen LogP contribution in [0.25, 0.3) is 0 Å². The zero-order valence-electron chi connectivity index (χ0n) is 10.9. The van der Waals surface area contributed by atoms with E-state index in [0.29, 0.717) is 13.1 Å². The molecular formula is C12H21N3O2S. The topological polar surface area (TPSA) is 52.6 Å². The van der Waals surface area contributed by atoms with E-state index in [2.05, 4.69) is 22.8 Å². The number of nitrogens with one attached hydrogen (secondary N) is 1. The molecule has 5 nitrogen and oxygen atoms in total. The van der Waals surface area contributed by atoms with Gasteiger partial charge < -0.3 is 10.2 Å². The van der Waals surface area contributed by atoms with Gasteiger partial charge in [0, 0.05) is 25.7 Å². The van der Waals surface area contributed by atoms with Crippen LogP contribution in [-0.4, -0.2) is 59.7 Å². The number of hydrogen-bond donors (Lipinski definition) is 2. The van der Waals surface area contributed by atoms with Crippen LogP contribution in [0.4, 0.5) is 0 Å². The summed E-state index contributed by atoms with van der Waals surface area (Å²) in [6.45, 7) is 7.32. The second kappa shape index (κ2) is 7.43. The fraction of sp³-hybridized carbons (Fsp3) is 0.667. The number of rotatable bonds is 5. The van der Waals surface area contributed by atoms with Crippen molar-refractivity contribution in [3.8, 4) is 0 Å². The molecule has 0 aromatic rings. The number of carbonyl (C=O) groups excluding carboxylic acids is 2. The zero-order valence-corrected chi connectivity index (χ0v) is 11.8. The Morgan fingerprint density at radius 2 is 2.28 bits per heavy atom. The molecular weight excluding hydrogens is 250 g/mol. The molecule has 102 valence electrons. The first-order valence-electron chi connectivity index (χ1n) is 6.18. The maximum Gasteiger partial charge on any atom is 0.244 e. The van der Waals surface area contributed by atoms with Crippen LogP contribution in [0.1, 0.15) is 13.8 Å². The first-order valence-corrected chi connectivity index (χ1v) is 6.69. The van der Waals surface area contributed by atoms with E-state index < -0.39 is 0 Å². The van der Waals surface area contributed by atoms with Crippen LogP contribution < -0.4 is 5.32 Å². The highest BCUT2D eigenvalue weighted by molar-refractivity contribution is 7.80. The Morgan fingerprint density at radius 1 is 1.56 bits per heavy atom. The minimum absolute atomic E-state index is 0.121. The first-order chi connectivity index (χ1) is 8.52. The van der Waals surface area contributed by atoms with Gasteiger partial charge in [-0.15, -0.1) is 0 Å². The maximum absolute atomic E-state index is 11.8. The van der Waals surface area contributed by atoms with Crippen molar-refractivity contribution in [1.29, 1.82) is 0 Å². The lowest BCUT2D eigenvalue weighted by atomic mass is 10.3. The smallest absolute Gasteiger partial charge is 0.244 e. The van der Waals surface area contributed by atoms with Crippen molar-refractivity contribution >= 4 is 24.4 Å². The summed E-state index contributed by atoms with van der Waals surface area (Å²) in [5, 5.41) is 2.47.